The van der Waals surface area contributed by atoms with Gasteiger partial charge in [0.1, 0.15) is 11.9 Å². The van der Waals surface area contributed by atoms with E-state index >= 15 is 0 Å². The van der Waals surface area contributed by atoms with Crippen molar-refractivity contribution in [1.29, 1.82) is 0 Å². The van der Waals surface area contributed by atoms with E-state index in [9.17, 15) is 9.59 Å². The summed E-state index contributed by atoms with van der Waals surface area (Å²) in [5.74, 6) is 1.24. The van der Waals surface area contributed by atoms with E-state index in [0.29, 0.717) is 37.9 Å². The molecule has 0 aromatic carbocycles. The zero-order chi connectivity index (χ0) is 15.5. The first-order valence-corrected chi connectivity index (χ1v) is 7.44. The van der Waals surface area contributed by atoms with E-state index in [1.807, 2.05) is 6.92 Å². The average molecular weight is 305 g/mol. The molecule has 8 nitrogen and oxygen atoms in total. The third kappa shape index (κ3) is 3.10. The first kappa shape index (κ1) is 14.6. The van der Waals surface area contributed by atoms with E-state index in [1.54, 1.807) is 17.2 Å². The molecule has 118 valence electrons. The van der Waals surface area contributed by atoms with Crippen LogP contribution in [0.5, 0.6) is 5.88 Å². The second-order valence-corrected chi connectivity index (χ2v) is 5.41. The Morgan fingerprint density at radius 2 is 2.14 bits per heavy atom. The van der Waals surface area contributed by atoms with E-state index < -0.39 is 0 Å². The topological polar surface area (TPSA) is 87.7 Å². The molecule has 0 bridgehead atoms. The number of nitrogens with one attached hydrogen (secondary N) is 1. The van der Waals surface area contributed by atoms with Crippen molar-refractivity contribution in [3.05, 3.63) is 18.1 Å². The Morgan fingerprint density at radius 1 is 1.36 bits per heavy atom. The zero-order valence-corrected chi connectivity index (χ0v) is 12.5. The molecule has 1 aromatic rings. The molecule has 0 aliphatic carbocycles. The van der Waals surface area contributed by atoms with E-state index in [4.69, 9.17) is 4.74 Å². The molecular weight excluding hydrogens is 286 g/mol. The predicted molar refractivity (Wildman–Crippen MR) is 77.5 cm³/mol. The molecule has 1 N–H and O–H groups in total. The van der Waals surface area contributed by atoms with Gasteiger partial charge in [0.2, 0.25) is 5.88 Å². The largest absolute Gasteiger partial charge is 0.474 e. The van der Waals surface area contributed by atoms with Crippen molar-refractivity contribution in [2.24, 2.45) is 0 Å². The van der Waals surface area contributed by atoms with Crippen LogP contribution < -0.4 is 10.1 Å². The Balaban J connectivity index is 1.52. The first-order chi connectivity index (χ1) is 10.6. The molecule has 3 heterocycles. The van der Waals surface area contributed by atoms with Gasteiger partial charge in [0.25, 0.3) is 0 Å². The third-order valence-corrected chi connectivity index (χ3v) is 3.84. The van der Waals surface area contributed by atoms with Crippen LogP contribution in [-0.4, -0.2) is 64.1 Å². The number of carbonyl (C=O) groups excluding carboxylic acids is 2. The van der Waals surface area contributed by atoms with Crippen LogP contribution in [0.3, 0.4) is 0 Å². The maximum absolute atomic E-state index is 12.3. The predicted octanol–water partition coefficient (Wildman–Crippen LogP) is 0.773. The van der Waals surface area contributed by atoms with Crippen LogP contribution in [-0.2, 0) is 0 Å². The van der Waals surface area contributed by atoms with E-state index in [-0.39, 0.29) is 18.2 Å². The number of nitrogens with zero attached hydrogens (tertiary/aromatic N) is 4. The lowest BCUT2D eigenvalue weighted by Gasteiger charge is -2.33. The molecule has 0 saturated carbocycles. The lowest BCUT2D eigenvalue weighted by Crippen LogP contribution is -2.49. The molecule has 0 unspecified atom stereocenters. The molecule has 2 saturated heterocycles. The summed E-state index contributed by atoms with van der Waals surface area (Å²) in [7, 11) is 0. The number of carbonyl (C=O) groups is 2. The normalized spacial score (nSPS) is 19.2. The SMILES string of the molecule is Cc1nccc(OC2CCN(C(=O)N3CCNC3=O)CC2)n1. The van der Waals surface area contributed by atoms with Crippen LogP contribution in [0.25, 0.3) is 0 Å². The monoisotopic (exact) mass is 305 g/mol. The Hall–Kier alpha value is -2.38. The van der Waals surface area contributed by atoms with E-state index in [0.717, 1.165) is 12.8 Å². The first-order valence-electron chi connectivity index (χ1n) is 7.44. The molecule has 22 heavy (non-hydrogen) atoms. The fourth-order valence-corrected chi connectivity index (χ4v) is 2.66. The van der Waals surface area contributed by atoms with Gasteiger partial charge in [0.05, 0.1) is 0 Å². The average Bonchev–Trinajstić information content (AvgIpc) is 2.93. The van der Waals surface area contributed by atoms with E-state index in [2.05, 4.69) is 15.3 Å². The Kier molecular flexibility index (Phi) is 4.08. The molecule has 3 rings (SSSR count). The number of likely N-dealkylation sites (tertiary alicyclic amines) is 1. The van der Waals surface area contributed by atoms with Crippen molar-refractivity contribution in [1.82, 2.24) is 25.1 Å². The van der Waals surface area contributed by atoms with Crippen molar-refractivity contribution >= 4 is 12.1 Å². The zero-order valence-electron chi connectivity index (χ0n) is 12.5. The number of hydrogen-bond acceptors (Lipinski definition) is 5. The number of hydrogen-bond donors (Lipinski definition) is 1. The number of piperidine rings is 1. The summed E-state index contributed by atoms with van der Waals surface area (Å²) in [6, 6.07) is 1.21. The summed E-state index contributed by atoms with van der Waals surface area (Å²) in [6.07, 6.45) is 3.15. The highest BCUT2D eigenvalue weighted by Crippen LogP contribution is 2.18. The highest BCUT2D eigenvalue weighted by molar-refractivity contribution is 5.94. The van der Waals surface area contributed by atoms with Crippen LogP contribution >= 0.6 is 0 Å². The third-order valence-electron chi connectivity index (χ3n) is 3.84. The van der Waals surface area contributed by atoms with Gasteiger partial charge in [-0.05, 0) is 6.92 Å². The van der Waals surface area contributed by atoms with Gasteiger partial charge in [-0.25, -0.2) is 19.5 Å². The van der Waals surface area contributed by atoms with Gasteiger partial charge in [0, 0.05) is 51.3 Å². The van der Waals surface area contributed by atoms with Gasteiger partial charge in [0.15, 0.2) is 0 Å². The Bertz CT molecular complexity index is 571. The number of aryl methyl sites for hydroxylation is 1. The van der Waals surface area contributed by atoms with Crippen molar-refractivity contribution in [2.45, 2.75) is 25.9 Å². The maximum Gasteiger partial charge on any atom is 0.328 e. The summed E-state index contributed by atoms with van der Waals surface area (Å²) in [5.41, 5.74) is 0. The smallest absolute Gasteiger partial charge is 0.328 e. The summed E-state index contributed by atoms with van der Waals surface area (Å²) >= 11 is 0. The van der Waals surface area contributed by atoms with Gasteiger partial charge in [-0.15, -0.1) is 0 Å². The standard InChI is InChI=1S/C14H19N5O3/c1-10-15-5-2-12(17-10)22-11-3-7-18(8-4-11)14(21)19-9-6-16-13(19)20/h2,5,11H,3-4,6-9H2,1H3,(H,16,20). The number of rotatable bonds is 2. The minimum absolute atomic E-state index is 0.0331. The Morgan fingerprint density at radius 3 is 2.77 bits per heavy atom. The number of imide groups is 1. The molecule has 8 heteroatoms. The van der Waals surface area contributed by atoms with Gasteiger partial charge >= 0.3 is 12.1 Å². The maximum atomic E-state index is 12.3. The summed E-state index contributed by atoms with van der Waals surface area (Å²) < 4.78 is 5.83. The molecular formula is C14H19N5O3. The van der Waals surface area contributed by atoms with Crippen LogP contribution in [0.1, 0.15) is 18.7 Å². The highest BCUT2D eigenvalue weighted by atomic mass is 16.5. The van der Waals surface area contributed by atoms with Crippen LogP contribution in [0.2, 0.25) is 0 Å². The lowest BCUT2D eigenvalue weighted by molar-refractivity contribution is 0.0979. The summed E-state index contributed by atoms with van der Waals surface area (Å²) in [4.78, 5) is 35.0. The van der Waals surface area contributed by atoms with Crippen LogP contribution in [0.4, 0.5) is 9.59 Å². The summed E-state index contributed by atoms with van der Waals surface area (Å²) in [5, 5.41) is 2.64. The molecule has 1 aromatic heterocycles. The second-order valence-electron chi connectivity index (χ2n) is 5.41. The van der Waals surface area contributed by atoms with E-state index in [1.165, 1.54) is 4.90 Å². The fraction of sp³-hybridized carbons (Fsp3) is 0.571. The molecule has 0 radical (unpaired) electrons. The number of amides is 4. The van der Waals surface area contributed by atoms with Gasteiger partial charge in [-0.2, -0.15) is 4.98 Å². The summed E-state index contributed by atoms with van der Waals surface area (Å²) in [6.45, 7) is 3.94. The number of aromatic nitrogens is 2. The minimum atomic E-state index is -0.306. The number of urea groups is 2. The number of ether oxygens (including phenoxy) is 1. The highest BCUT2D eigenvalue weighted by Gasteiger charge is 2.32. The van der Waals surface area contributed by atoms with Crippen molar-refractivity contribution in [3.8, 4) is 5.88 Å². The molecule has 2 fully saturated rings. The Labute approximate surface area is 128 Å². The molecule has 2 aliphatic heterocycles. The quantitative estimate of drug-likeness (QED) is 0.872. The van der Waals surface area contributed by atoms with Gasteiger partial charge in [-0.1, -0.05) is 0 Å². The minimum Gasteiger partial charge on any atom is -0.474 e. The fourth-order valence-electron chi connectivity index (χ4n) is 2.66. The molecule has 0 atom stereocenters. The lowest BCUT2D eigenvalue weighted by atomic mass is 10.1. The van der Waals surface area contributed by atoms with Crippen molar-refractivity contribution < 1.29 is 14.3 Å². The molecule has 0 spiro atoms. The van der Waals surface area contributed by atoms with Gasteiger partial charge in [-0.3, -0.25) is 0 Å². The molecule has 2 aliphatic rings. The van der Waals surface area contributed by atoms with Crippen molar-refractivity contribution in [3.63, 3.8) is 0 Å². The van der Waals surface area contributed by atoms with Crippen molar-refractivity contribution in [2.75, 3.05) is 26.2 Å². The van der Waals surface area contributed by atoms with Gasteiger partial charge < -0.3 is 15.0 Å². The second kappa shape index (κ2) is 6.17. The van der Waals surface area contributed by atoms with Crippen LogP contribution in [0.15, 0.2) is 12.3 Å². The molecule has 4 amide bonds. The van der Waals surface area contributed by atoms with Crippen LogP contribution in [0, 0.1) is 6.92 Å².